The molecule has 2 heterocycles. The van der Waals surface area contributed by atoms with Gasteiger partial charge in [-0.25, -0.2) is 0 Å². The van der Waals surface area contributed by atoms with Gasteiger partial charge in [-0.2, -0.15) is 5.10 Å². The fourth-order valence-corrected chi connectivity index (χ4v) is 2.07. The van der Waals surface area contributed by atoms with Gasteiger partial charge in [-0.1, -0.05) is 18.7 Å². The highest BCUT2D eigenvalue weighted by Crippen LogP contribution is 2.28. The van der Waals surface area contributed by atoms with Crippen molar-refractivity contribution in [2.24, 2.45) is 0 Å². The van der Waals surface area contributed by atoms with Crippen molar-refractivity contribution in [3.63, 3.8) is 0 Å². The molecule has 0 aliphatic rings. The minimum absolute atomic E-state index is 0.980. The van der Waals surface area contributed by atoms with Crippen LogP contribution in [-0.2, 0) is 0 Å². The first-order valence-corrected chi connectivity index (χ1v) is 5.80. The van der Waals surface area contributed by atoms with E-state index >= 15 is 0 Å². The van der Waals surface area contributed by atoms with Crippen molar-refractivity contribution in [2.75, 3.05) is 0 Å². The summed E-state index contributed by atoms with van der Waals surface area (Å²) in [5, 5.41) is 8.21. The first kappa shape index (κ1) is 10.7. The average Bonchev–Trinajstić information content (AvgIpc) is 2.87. The zero-order valence-corrected chi connectivity index (χ0v) is 10.1. The summed E-state index contributed by atoms with van der Waals surface area (Å²) in [7, 11) is 0. The second-order valence-corrected chi connectivity index (χ2v) is 4.35. The summed E-state index contributed by atoms with van der Waals surface area (Å²) in [6, 6.07) is 10.2. The van der Waals surface area contributed by atoms with E-state index in [0.717, 1.165) is 33.3 Å². The number of aromatic nitrogens is 3. The van der Waals surface area contributed by atoms with Crippen LogP contribution in [0.5, 0.6) is 0 Å². The lowest BCUT2D eigenvalue weighted by atomic mass is 10.0. The highest BCUT2D eigenvalue weighted by molar-refractivity contribution is 5.86. The van der Waals surface area contributed by atoms with Crippen LogP contribution in [0.1, 0.15) is 12.6 Å². The number of nitrogens with one attached hydrogen (secondary N) is 1. The molecular formula is C15H13N3. The van der Waals surface area contributed by atoms with Crippen LogP contribution >= 0.6 is 0 Å². The topological polar surface area (TPSA) is 41.6 Å². The molecule has 0 bridgehead atoms. The maximum absolute atomic E-state index is 4.32. The lowest BCUT2D eigenvalue weighted by Gasteiger charge is -2.04. The van der Waals surface area contributed by atoms with E-state index in [0.29, 0.717) is 0 Å². The number of H-pyrrole nitrogens is 1. The molecule has 3 aromatic rings. The Labute approximate surface area is 105 Å². The number of pyridine rings is 1. The lowest BCUT2D eigenvalue weighted by Crippen LogP contribution is -1.84. The summed E-state index contributed by atoms with van der Waals surface area (Å²) in [6.07, 6.45) is 3.64. The predicted molar refractivity (Wildman–Crippen MR) is 74.0 cm³/mol. The van der Waals surface area contributed by atoms with Crippen molar-refractivity contribution in [3.05, 3.63) is 55.0 Å². The van der Waals surface area contributed by atoms with Gasteiger partial charge in [0.2, 0.25) is 0 Å². The van der Waals surface area contributed by atoms with Crippen molar-refractivity contribution < 1.29 is 0 Å². The summed E-state index contributed by atoms with van der Waals surface area (Å²) >= 11 is 0. The molecule has 3 rings (SSSR count). The maximum Gasteiger partial charge on any atom is 0.0702 e. The van der Waals surface area contributed by atoms with Crippen LogP contribution in [0.3, 0.4) is 0 Å². The Morgan fingerprint density at radius 1 is 1.28 bits per heavy atom. The Morgan fingerprint density at radius 3 is 3.00 bits per heavy atom. The number of hydrogen-bond acceptors (Lipinski definition) is 2. The molecule has 0 radical (unpaired) electrons. The summed E-state index contributed by atoms with van der Waals surface area (Å²) in [6.45, 7) is 5.93. The van der Waals surface area contributed by atoms with E-state index in [1.165, 1.54) is 0 Å². The molecule has 0 fully saturated rings. The monoisotopic (exact) mass is 235 g/mol. The van der Waals surface area contributed by atoms with Gasteiger partial charge in [0.25, 0.3) is 0 Å². The first-order chi connectivity index (χ1) is 8.75. The summed E-state index contributed by atoms with van der Waals surface area (Å²) in [4.78, 5) is 4.32. The van der Waals surface area contributed by atoms with Gasteiger partial charge in [0.15, 0.2) is 0 Å². The third kappa shape index (κ3) is 1.70. The van der Waals surface area contributed by atoms with Crippen LogP contribution in [0.25, 0.3) is 27.6 Å². The Balaban J connectivity index is 2.19. The van der Waals surface area contributed by atoms with Crippen LogP contribution in [0.4, 0.5) is 0 Å². The average molecular weight is 235 g/mol. The number of rotatable bonds is 2. The van der Waals surface area contributed by atoms with Crippen molar-refractivity contribution in [3.8, 4) is 11.1 Å². The van der Waals surface area contributed by atoms with E-state index in [9.17, 15) is 0 Å². The predicted octanol–water partition coefficient (Wildman–Crippen LogP) is 3.66. The van der Waals surface area contributed by atoms with Crippen molar-refractivity contribution >= 4 is 16.5 Å². The number of hydrogen-bond donors (Lipinski definition) is 1. The Morgan fingerprint density at radius 2 is 2.17 bits per heavy atom. The number of aromatic amines is 1. The number of allylic oxidation sites excluding steroid dienone is 1. The third-order valence-electron chi connectivity index (χ3n) is 2.98. The Kier molecular flexibility index (Phi) is 2.45. The molecule has 3 heteroatoms. The molecule has 0 unspecified atom stereocenters. The van der Waals surface area contributed by atoms with Crippen molar-refractivity contribution in [2.45, 2.75) is 6.92 Å². The number of benzene rings is 1. The van der Waals surface area contributed by atoms with Gasteiger partial charge in [-0.15, -0.1) is 0 Å². The van der Waals surface area contributed by atoms with Gasteiger partial charge < -0.3 is 0 Å². The van der Waals surface area contributed by atoms with Gasteiger partial charge >= 0.3 is 0 Å². The quantitative estimate of drug-likeness (QED) is 0.736. The summed E-state index contributed by atoms with van der Waals surface area (Å²) in [5.41, 5.74) is 5.17. The van der Waals surface area contributed by atoms with Gasteiger partial charge in [-0.05, 0) is 36.3 Å². The van der Waals surface area contributed by atoms with Crippen LogP contribution in [-0.4, -0.2) is 15.2 Å². The minimum atomic E-state index is 0.980. The molecule has 18 heavy (non-hydrogen) atoms. The molecule has 88 valence electrons. The van der Waals surface area contributed by atoms with Crippen LogP contribution in [0, 0.1) is 0 Å². The summed E-state index contributed by atoms with van der Waals surface area (Å²) < 4.78 is 0. The smallest absolute Gasteiger partial charge is 0.0702 e. The molecule has 1 aromatic carbocycles. The third-order valence-corrected chi connectivity index (χ3v) is 2.98. The zero-order chi connectivity index (χ0) is 12.5. The number of nitrogens with zero attached hydrogens (tertiary/aromatic N) is 2. The molecule has 0 amide bonds. The van der Waals surface area contributed by atoms with E-state index in [4.69, 9.17) is 0 Å². The van der Waals surface area contributed by atoms with E-state index < -0.39 is 0 Å². The van der Waals surface area contributed by atoms with Gasteiger partial charge in [0, 0.05) is 17.1 Å². The Bertz CT molecular complexity index is 725. The van der Waals surface area contributed by atoms with Gasteiger partial charge in [0.1, 0.15) is 0 Å². The number of fused-ring (bicyclic) bond motifs is 1. The molecule has 0 atom stereocenters. The minimum Gasteiger partial charge on any atom is -0.278 e. The van der Waals surface area contributed by atoms with E-state index in [2.05, 4.69) is 40.0 Å². The van der Waals surface area contributed by atoms with Crippen molar-refractivity contribution in [1.82, 2.24) is 15.2 Å². The molecule has 1 N–H and O–H groups in total. The fraction of sp³-hybridized carbons (Fsp3) is 0.0667. The highest BCUT2D eigenvalue weighted by atomic mass is 15.1. The lowest BCUT2D eigenvalue weighted by molar-refractivity contribution is 1.07. The van der Waals surface area contributed by atoms with Crippen molar-refractivity contribution in [1.29, 1.82) is 0 Å². The standard InChI is InChI=1S/C15H13N3/c1-10(2)15-13(9-17-18-15)11-5-6-14-12(8-11)4-3-7-16-14/h3-9H,1H2,2H3,(H,17,18). The van der Waals surface area contributed by atoms with Gasteiger partial charge in [-0.3, -0.25) is 10.1 Å². The molecule has 0 saturated heterocycles. The summed E-state index contributed by atoms with van der Waals surface area (Å²) in [5.74, 6) is 0. The normalized spacial score (nSPS) is 10.7. The Hall–Kier alpha value is -2.42. The van der Waals surface area contributed by atoms with E-state index in [1.54, 1.807) is 6.20 Å². The first-order valence-electron chi connectivity index (χ1n) is 5.80. The maximum atomic E-state index is 4.32. The van der Waals surface area contributed by atoms with Crippen LogP contribution < -0.4 is 0 Å². The largest absolute Gasteiger partial charge is 0.278 e. The second kappa shape index (κ2) is 4.11. The highest BCUT2D eigenvalue weighted by Gasteiger charge is 2.08. The fourth-order valence-electron chi connectivity index (χ4n) is 2.07. The van der Waals surface area contributed by atoms with Crippen LogP contribution in [0.15, 0.2) is 49.3 Å². The van der Waals surface area contributed by atoms with E-state index in [-0.39, 0.29) is 0 Å². The zero-order valence-electron chi connectivity index (χ0n) is 10.1. The SMILES string of the molecule is C=C(C)c1[nH]ncc1-c1ccc2ncccc2c1. The molecule has 0 spiro atoms. The molecule has 2 aromatic heterocycles. The molecule has 0 saturated carbocycles. The van der Waals surface area contributed by atoms with E-state index in [1.807, 2.05) is 25.3 Å². The molecular weight excluding hydrogens is 222 g/mol. The second-order valence-electron chi connectivity index (χ2n) is 4.35. The van der Waals surface area contributed by atoms with Gasteiger partial charge in [0.05, 0.1) is 17.4 Å². The van der Waals surface area contributed by atoms with Crippen LogP contribution in [0.2, 0.25) is 0 Å². The molecule has 3 nitrogen and oxygen atoms in total. The molecule has 0 aliphatic heterocycles. The molecule has 0 aliphatic carbocycles.